The zero-order valence-electron chi connectivity index (χ0n) is 15.0. The molecule has 0 bridgehead atoms. The van der Waals surface area contributed by atoms with Gasteiger partial charge < -0.3 is 14.2 Å². The molecule has 0 N–H and O–H groups in total. The zero-order valence-corrected chi connectivity index (χ0v) is 15.0. The minimum atomic E-state index is -0.429. The number of hydrogen-bond acceptors (Lipinski definition) is 5. The Kier molecular flexibility index (Phi) is 7.29. The molecule has 0 aliphatic rings. The molecule has 0 fully saturated rings. The Hall–Kier alpha value is -1.82. The topological polar surface area (TPSA) is 62.6 Å². The Labute approximate surface area is 138 Å². The third-order valence-corrected chi connectivity index (χ3v) is 2.98. The lowest BCUT2D eigenvalue weighted by atomic mass is 9.95. The highest BCUT2D eigenvalue weighted by atomic mass is 16.5. The van der Waals surface area contributed by atoms with Crippen LogP contribution < -0.4 is 4.74 Å². The largest absolute Gasteiger partial charge is 0.477 e. The van der Waals surface area contributed by atoms with Crippen LogP contribution in [0.5, 0.6) is 5.88 Å². The predicted octanol–water partition coefficient (Wildman–Crippen LogP) is 3.24. The number of nitrogens with zero attached hydrogens (tertiary/aromatic N) is 2. The van der Waals surface area contributed by atoms with Gasteiger partial charge >= 0.3 is 5.97 Å². The number of hydrogen-bond donors (Lipinski definition) is 0. The van der Waals surface area contributed by atoms with E-state index in [9.17, 15) is 4.79 Å². The fraction of sp³-hybridized carbons (Fsp3) is 0.647. The Balaban J connectivity index is 3.06. The van der Waals surface area contributed by atoms with Crippen LogP contribution in [0.4, 0.5) is 0 Å². The summed E-state index contributed by atoms with van der Waals surface area (Å²) in [5.41, 5.74) is 0.182. The first kappa shape index (κ1) is 19.2. The molecule has 0 aromatic carbocycles. The van der Waals surface area contributed by atoms with E-state index in [4.69, 9.17) is 14.2 Å². The fourth-order valence-electron chi connectivity index (χ4n) is 1.89. The SMILES string of the molecule is CCOC(=O)c1cnn(/C=C/C(C)(C)COC)c1OCC(C)C. The number of esters is 1. The first-order valence-corrected chi connectivity index (χ1v) is 7.86. The van der Waals surface area contributed by atoms with Crippen LogP contribution in [0.15, 0.2) is 12.3 Å². The van der Waals surface area contributed by atoms with Crippen molar-refractivity contribution in [1.82, 2.24) is 9.78 Å². The smallest absolute Gasteiger partial charge is 0.345 e. The summed E-state index contributed by atoms with van der Waals surface area (Å²) in [6.07, 6.45) is 5.24. The van der Waals surface area contributed by atoms with Crippen molar-refractivity contribution in [1.29, 1.82) is 0 Å². The van der Waals surface area contributed by atoms with Gasteiger partial charge in [0.1, 0.15) is 5.56 Å². The number of aromatic nitrogens is 2. The van der Waals surface area contributed by atoms with E-state index in [2.05, 4.69) is 18.9 Å². The molecule has 0 amide bonds. The van der Waals surface area contributed by atoms with Crippen LogP contribution in [0.25, 0.3) is 6.20 Å². The standard InChI is InChI=1S/C17H28N2O4/c1-7-22-16(20)14-10-18-19(15(14)23-11-13(2)3)9-8-17(4,5)12-21-6/h8-10,13H,7,11-12H2,1-6H3/b9-8+. The molecule has 0 saturated carbocycles. The van der Waals surface area contributed by atoms with E-state index >= 15 is 0 Å². The Morgan fingerprint density at radius 1 is 1.43 bits per heavy atom. The summed E-state index contributed by atoms with van der Waals surface area (Å²) >= 11 is 0. The molecule has 6 nitrogen and oxygen atoms in total. The predicted molar refractivity (Wildman–Crippen MR) is 89.5 cm³/mol. The average Bonchev–Trinajstić information content (AvgIpc) is 2.86. The third-order valence-electron chi connectivity index (χ3n) is 2.98. The second-order valence-corrected chi connectivity index (χ2v) is 6.47. The van der Waals surface area contributed by atoms with Gasteiger partial charge in [-0.2, -0.15) is 5.10 Å². The van der Waals surface area contributed by atoms with E-state index in [1.807, 2.05) is 19.9 Å². The van der Waals surface area contributed by atoms with Gasteiger partial charge in [0.05, 0.1) is 26.0 Å². The second kappa shape index (κ2) is 8.72. The van der Waals surface area contributed by atoms with E-state index in [0.29, 0.717) is 37.2 Å². The maximum absolute atomic E-state index is 12.0. The summed E-state index contributed by atoms with van der Waals surface area (Å²) in [5.74, 6) is 0.311. The lowest BCUT2D eigenvalue weighted by molar-refractivity contribution is 0.0520. The number of rotatable bonds is 9. The average molecular weight is 324 g/mol. The zero-order chi connectivity index (χ0) is 17.5. The van der Waals surface area contributed by atoms with Crippen molar-refractivity contribution in [2.45, 2.75) is 34.6 Å². The number of methoxy groups -OCH3 is 1. The van der Waals surface area contributed by atoms with E-state index in [0.717, 1.165) is 0 Å². The van der Waals surface area contributed by atoms with Crippen LogP contribution in [0, 0.1) is 11.3 Å². The first-order chi connectivity index (χ1) is 10.8. The van der Waals surface area contributed by atoms with Gasteiger partial charge in [-0.15, -0.1) is 0 Å². The van der Waals surface area contributed by atoms with E-state index in [-0.39, 0.29) is 5.41 Å². The monoisotopic (exact) mass is 324 g/mol. The number of carbonyl (C=O) groups is 1. The minimum Gasteiger partial charge on any atom is -0.477 e. The summed E-state index contributed by atoms with van der Waals surface area (Å²) < 4.78 is 17.6. The van der Waals surface area contributed by atoms with Crippen molar-refractivity contribution in [2.24, 2.45) is 11.3 Å². The molecule has 0 aliphatic carbocycles. The molecular weight excluding hydrogens is 296 g/mol. The van der Waals surface area contributed by atoms with Gasteiger partial charge in [-0.3, -0.25) is 0 Å². The highest BCUT2D eigenvalue weighted by Gasteiger charge is 2.20. The van der Waals surface area contributed by atoms with Gasteiger partial charge in [0.25, 0.3) is 0 Å². The lowest BCUT2D eigenvalue weighted by Crippen LogP contribution is -2.15. The van der Waals surface area contributed by atoms with Crippen LogP contribution in [0.1, 0.15) is 45.0 Å². The molecule has 0 unspecified atom stereocenters. The van der Waals surface area contributed by atoms with Gasteiger partial charge in [-0.25, -0.2) is 9.48 Å². The highest BCUT2D eigenvalue weighted by molar-refractivity contribution is 5.91. The summed E-state index contributed by atoms with van der Waals surface area (Å²) in [4.78, 5) is 12.0. The van der Waals surface area contributed by atoms with Gasteiger partial charge in [-0.1, -0.05) is 33.8 Å². The van der Waals surface area contributed by atoms with E-state index in [1.165, 1.54) is 6.20 Å². The van der Waals surface area contributed by atoms with Gasteiger partial charge in [0, 0.05) is 18.7 Å². The lowest BCUT2D eigenvalue weighted by Gasteiger charge is -2.18. The molecule has 0 atom stereocenters. The number of ether oxygens (including phenoxy) is 3. The van der Waals surface area contributed by atoms with Crippen LogP contribution in [-0.2, 0) is 9.47 Å². The van der Waals surface area contributed by atoms with Gasteiger partial charge in [0.15, 0.2) is 0 Å². The first-order valence-electron chi connectivity index (χ1n) is 7.86. The van der Waals surface area contributed by atoms with Crippen molar-refractivity contribution >= 4 is 12.2 Å². The molecule has 0 radical (unpaired) electrons. The van der Waals surface area contributed by atoms with E-state index < -0.39 is 5.97 Å². The minimum absolute atomic E-state index is 0.153. The summed E-state index contributed by atoms with van der Waals surface area (Å²) in [5, 5.41) is 4.22. The molecule has 0 saturated heterocycles. The Morgan fingerprint density at radius 2 is 2.13 bits per heavy atom. The van der Waals surface area contributed by atoms with Crippen LogP contribution in [0.2, 0.25) is 0 Å². The molecule has 1 heterocycles. The molecule has 6 heteroatoms. The molecule has 1 aromatic rings. The van der Waals surface area contributed by atoms with Crippen LogP contribution >= 0.6 is 0 Å². The van der Waals surface area contributed by atoms with Crippen molar-refractivity contribution in [3.05, 3.63) is 17.8 Å². The highest BCUT2D eigenvalue weighted by Crippen LogP contribution is 2.23. The van der Waals surface area contributed by atoms with Crippen molar-refractivity contribution in [3.8, 4) is 5.88 Å². The summed E-state index contributed by atoms with van der Waals surface area (Å²) in [6, 6.07) is 0. The molecule has 1 rings (SSSR count). The third kappa shape index (κ3) is 6.06. The van der Waals surface area contributed by atoms with Gasteiger partial charge in [0.2, 0.25) is 5.88 Å². The fourth-order valence-corrected chi connectivity index (χ4v) is 1.89. The van der Waals surface area contributed by atoms with Gasteiger partial charge in [-0.05, 0) is 12.8 Å². The molecule has 130 valence electrons. The van der Waals surface area contributed by atoms with Crippen molar-refractivity contribution < 1.29 is 19.0 Å². The van der Waals surface area contributed by atoms with Crippen LogP contribution in [0.3, 0.4) is 0 Å². The van der Waals surface area contributed by atoms with Crippen molar-refractivity contribution in [3.63, 3.8) is 0 Å². The van der Waals surface area contributed by atoms with Crippen LogP contribution in [-0.4, -0.2) is 42.7 Å². The quantitative estimate of drug-likeness (QED) is 0.653. The molecule has 1 aromatic heterocycles. The Morgan fingerprint density at radius 3 is 2.70 bits per heavy atom. The molecule has 0 spiro atoms. The summed E-state index contributed by atoms with van der Waals surface area (Å²) in [7, 11) is 1.67. The molecule has 23 heavy (non-hydrogen) atoms. The number of carbonyl (C=O) groups excluding carboxylic acids is 1. The second-order valence-electron chi connectivity index (χ2n) is 6.47. The van der Waals surface area contributed by atoms with Crippen molar-refractivity contribution in [2.75, 3.05) is 26.9 Å². The molecular formula is C17H28N2O4. The normalized spacial score (nSPS) is 12.1. The molecule has 0 aliphatic heterocycles. The van der Waals surface area contributed by atoms with E-state index in [1.54, 1.807) is 24.9 Å². The summed E-state index contributed by atoms with van der Waals surface area (Å²) in [6.45, 7) is 11.3. The Bertz CT molecular complexity index is 533. The maximum atomic E-state index is 12.0. The maximum Gasteiger partial charge on any atom is 0.345 e.